The molecule has 3 N–H and O–H groups in total. The molecule has 1 amide bonds. The van der Waals surface area contributed by atoms with Crippen molar-refractivity contribution in [3.05, 3.63) is 36.0 Å². The maximum Gasteiger partial charge on any atom is 0.239 e. The number of benzene rings is 1. The molecule has 2 saturated heterocycles. The number of aromatic amines is 1. The third-order valence-electron chi connectivity index (χ3n) is 5.58. The first-order chi connectivity index (χ1) is 11.7. The molecule has 1 aromatic heterocycles. The molecule has 0 spiro atoms. The molecular formula is C19H26N4O. The Morgan fingerprint density at radius 2 is 2.12 bits per heavy atom. The van der Waals surface area contributed by atoms with Gasteiger partial charge in [0, 0.05) is 42.8 Å². The van der Waals surface area contributed by atoms with Crippen LogP contribution in [0.1, 0.15) is 24.8 Å². The Kier molecular flexibility index (Phi) is 4.29. The van der Waals surface area contributed by atoms with Gasteiger partial charge in [0.25, 0.3) is 0 Å². The van der Waals surface area contributed by atoms with Crippen LogP contribution in [0.15, 0.2) is 30.5 Å². The summed E-state index contributed by atoms with van der Waals surface area (Å²) in [6.45, 7) is 3.85. The van der Waals surface area contributed by atoms with Crippen molar-refractivity contribution in [1.82, 2.24) is 14.8 Å². The standard InChI is InChI=1S/C19H26N4O/c20-17(11-14-12-21-18-7-2-1-6-16(14)18)19(24)23-10-9-22-8-4-3-5-15(22)13-23/h1-2,6-7,12,15,17,21H,3-5,8-11,13,20H2/t15?,17-/m0/s1. The Hall–Kier alpha value is -1.85. The van der Waals surface area contributed by atoms with E-state index in [2.05, 4.69) is 22.0 Å². The Balaban J connectivity index is 1.42. The molecule has 128 valence electrons. The van der Waals surface area contributed by atoms with Crippen LogP contribution in [0, 0.1) is 0 Å². The summed E-state index contributed by atoms with van der Waals surface area (Å²) in [6, 6.07) is 8.25. The number of H-pyrrole nitrogens is 1. The molecule has 2 aromatic rings. The number of nitrogens with two attached hydrogens (primary N) is 1. The fourth-order valence-electron chi connectivity index (χ4n) is 4.22. The molecule has 1 unspecified atom stereocenters. The summed E-state index contributed by atoms with van der Waals surface area (Å²) in [5, 5.41) is 1.16. The first-order valence-electron chi connectivity index (χ1n) is 9.06. The summed E-state index contributed by atoms with van der Waals surface area (Å²) in [5.41, 5.74) is 8.51. The van der Waals surface area contributed by atoms with Crippen LogP contribution in [-0.2, 0) is 11.2 Å². The summed E-state index contributed by atoms with van der Waals surface area (Å²) in [4.78, 5) is 20.6. The van der Waals surface area contributed by atoms with Gasteiger partial charge in [0.05, 0.1) is 6.04 Å². The van der Waals surface area contributed by atoms with E-state index in [1.165, 1.54) is 25.8 Å². The second-order valence-corrected chi connectivity index (χ2v) is 7.14. The van der Waals surface area contributed by atoms with E-state index < -0.39 is 6.04 Å². The highest BCUT2D eigenvalue weighted by Gasteiger charge is 2.32. The van der Waals surface area contributed by atoms with Gasteiger partial charge in [0.2, 0.25) is 5.91 Å². The second kappa shape index (κ2) is 6.57. The molecule has 2 aliphatic heterocycles. The zero-order valence-electron chi connectivity index (χ0n) is 14.1. The molecule has 0 bridgehead atoms. The van der Waals surface area contributed by atoms with Crippen LogP contribution in [0.4, 0.5) is 0 Å². The van der Waals surface area contributed by atoms with Crippen LogP contribution in [0.2, 0.25) is 0 Å². The van der Waals surface area contributed by atoms with Crippen LogP contribution >= 0.6 is 0 Å². The highest BCUT2D eigenvalue weighted by Crippen LogP contribution is 2.22. The Bertz CT molecular complexity index is 725. The third-order valence-corrected chi connectivity index (χ3v) is 5.58. The Labute approximate surface area is 142 Å². The van der Waals surface area contributed by atoms with E-state index in [1.54, 1.807) is 0 Å². The van der Waals surface area contributed by atoms with Crippen LogP contribution in [0.5, 0.6) is 0 Å². The monoisotopic (exact) mass is 326 g/mol. The molecule has 5 nitrogen and oxygen atoms in total. The van der Waals surface area contributed by atoms with Crippen molar-refractivity contribution in [3.8, 4) is 0 Å². The molecule has 5 heteroatoms. The lowest BCUT2D eigenvalue weighted by Gasteiger charge is -2.44. The number of fused-ring (bicyclic) bond motifs is 2. The predicted octanol–water partition coefficient (Wildman–Crippen LogP) is 1.73. The van der Waals surface area contributed by atoms with Gasteiger partial charge in [-0.25, -0.2) is 0 Å². The van der Waals surface area contributed by atoms with Crippen molar-refractivity contribution in [1.29, 1.82) is 0 Å². The van der Waals surface area contributed by atoms with Crippen LogP contribution in [0.3, 0.4) is 0 Å². The van der Waals surface area contributed by atoms with Gasteiger partial charge in [0.15, 0.2) is 0 Å². The summed E-state index contributed by atoms with van der Waals surface area (Å²) in [7, 11) is 0. The summed E-state index contributed by atoms with van der Waals surface area (Å²) in [6.07, 6.45) is 6.36. The van der Waals surface area contributed by atoms with Gasteiger partial charge < -0.3 is 15.6 Å². The molecule has 0 radical (unpaired) electrons. The fourth-order valence-corrected chi connectivity index (χ4v) is 4.22. The van der Waals surface area contributed by atoms with Gasteiger partial charge in [0.1, 0.15) is 0 Å². The summed E-state index contributed by atoms with van der Waals surface area (Å²) >= 11 is 0. The van der Waals surface area contributed by atoms with E-state index in [-0.39, 0.29) is 5.91 Å². The quantitative estimate of drug-likeness (QED) is 0.903. The van der Waals surface area contributed by atoms with Crippen molar-refractivity contribution in [3.63, 3.8) is 0 Å². The minimum atomic E-state index is -0.459. The number of aromatic nitrogens is 1. The average molecular weight is 326 g/mol. The number of piperidine rings is 1. The first-order valence-corrected chi connectivity index (χ1v) is 9.06. The van der Waals surface area contributed by atoms with Gasteiger partial charge in [-0.15, -0.1) is 0 Å². The lowest BCUT2D eigenvalue weighted by molar-refractivity contribution is -0.136. The lowest BCUT2D eigenvalue weighted by Crippen LogP contribution is -2.58. The number of hydrogen-bond acceptors (Lipinski definition) is 3. The van der Waals surface area contributed by atoms with Crippen LogP contribution in [0.25, 0.3) is 10.9 Å². The van der Waals surface area contributed by atoms with Crippen molar-refractivity contribution >= 4 is 16.8 Å². The minimum absolute atomic E-state index is 0.102. The number of hydrogen-bond donors (Lipinski definition) is 2. The number of rotatable bonds is 3. The number of piperazine rings is 1. The van der Waals surface area contributed by atoms with E-state index in [1.807, 2.05) is 23.2 Å². The molecule has 3 heterocycles. The number of amides is 1. The molecule has 24 heavy (non-hydrogen) atoms. The Morgan fingerprint density at radius 3 is 3.04 bits per heavy atom. The zero-order valence-corrected chi connectivity index (χ0v) is 14.1. The zero-order chi connectivity index (χ0) is 16.5. The predicted molar refractivity (Wildman–Crippen MR) is 95.8 cm³/mol. The maximum atomic E-state index is 12.8. The van der Waals surface area contributed by atoms with Crippen molar-refractivity contribution in [2.45, 2.75) is 37.8 Å². The van der Waals surface area contributed by atoms with E-state index in [0.29, 0.717) is 12.5 Å². The highest BCUT2D eigenvalue weighted by molar-refractivity contribution is 5.86. The SMILES string of the molecule is N[C@@H](Cc1c[nH]c2ccccc12)C(=O)N1CCN2CCCCC2C1. The van der Waals surface area contributed by atoms with Crippen molar-refractivity contribution in [2.24, 2.45) is 5.73 Å². The van der Waals surface area contributed by atoms with Crippen LogP contribution < -0.4 is 5.73 Å². The first kappa shape index (κ1) is 15.7. The maximum absolute atomic E-state index is 12.8. The number of nitrogens with one attached hydrogen (secondary N) is 1. The fraction of sp³-hybridized carbons (Fsp3) is 0.526. The van der Waals surface area contributed by atoms with Gasteiger partial charge in [-0.05, 0) is 37.4 Å². The number of carbonyl (C=O) groups is 1. The van der Waals surface area contributed by atoms with Gasteiger partial charge in [-0.2, -0.15) is 0 Å². The smallest absolute Gasteiger partial charge is 0.239 e. The Morgan fingerprint density at radius 1 is 1.25 bits per heavy atom. The van der Waals surface area contributed by atoms with E-state index in [0.717, 1.165) is 36.1 Å². The molecule has 4 rings (SSSR count). The minimum Gasteiger partial charge on any atom is -0.361 e. The summed E-state index contributed by atoms with van der Waals surface area (Å²) in [5.74, 6) is 0.102. The number of nitrogens with zero attached hydrogens (tertiary/aromatic N) is 2. The molecule has 0 saturated carbocycles. The topological polar surface area (TPSA) is 65.4 Å². The lowest BCUT2D eigenvalue weighted by atomic mass is 9.98. The van der Waals surface area contributed by atoms with Crippen molar-refractivity contribution in [2.75, 3.05) is 26.2 Å². The van der Waals surface area contributed by atoms with E-state index in [4.69, 9.17) is 5.73 Å². The largest absolute Gasteiger partial charge is 0.361 e. The van der Waals surface area contributed by atoms with Gasteiger partial charge in [-0.1, -0.05) is 24.6 Å². The van der Waals surface area contributed by atoms with Gasteiger partial charge >= 0.3 is 0 Å². The molecule has 2 atom stereocenters. The number of carbonyl (C=O) groups excluding carboxylic acids is 1. The normalized spacial score (nSPS) is 23.2. The molecule has 1 aromatic carbocycles. The molecule has 2 fully saturated rings. The van der Waals surface area contributed by atoms with Crippen LogP contribution in [-0.4, -0.2) is 59.0 Å². The van der Waals surface area contributed by atoms with E-state index >= 15 is 0 Å². The average Bonchev–Trinajstić information content (AvgIpc) is 3.03. The molecule has 2 aliphatic rings. The highest BCUT2D eigenvalue weighted by atomic mass is 16.2. The third kappa shape index (κ3) is 2.94. The van der Waals surface area contributed by atoms with E-state index in [9.17, 15) is 4.79 Å². The summed E-state index contributed by atoms with van der Waals surface area (Å²) < 4.78 is 0. The molecular weight excluding hydrogens is 300 g/mol. The van der Waals surface area contributed by atoms with Gasteiger partial charge in [-0.3, -0.25) is 9.69 Å². The second-order valence-electron chi connectivity index (χ2n) is 7.14. The van der Waals surface area contributed by atoms with Crippen molar-refractivity contribution < 1.29 is 4.79 Å². The number of para-hydroxylation sites is 1. The molecule has 0 aliphatic carbocycles.